The van der Waals surface area contributed by atoms with Gasteiger partial charge in [-0.25, -0.2) is 4.98 Å². The summed E-state index contributed by atoms with van der Waals surface area (Å²) in [6.45, 7) is 5.28. The smallest absolute Gasteiger partial charge is 0.229 e. The maximum atomic E-state index is 12.7. The van der Waals surface area contributed by atoms with Crippen molar-refractivity contribution in [2.75, 3.05) is 13.7 Å². The molecule has 2 heterocycles. The van der Waals surface area contributed by atoms with Crippen molar-refractivity contribution in [2.24, 2.45) is 5.92 Å². The van der Waals surface area contributed by atoms with E-state index in [1.807, 2.05) is 36.7 Å². The molecule has 0 aliphatic carbocycles. The quantitative estimate of drug-likeness (QED) is 0.862. The highest BCUT2D eigenvalue weighted by atomic mass is 32.1. The highest BCUT2D eigenvalue weighted by Gasteiger charge is 2.28. The molecule has 23 heavy (non-hydrogen) atoms. The standard InChI is InChI=1S/C18H22N2O2S/c1-12(2)17-19-15(11-23-17)9-20(3)18(21)14-8-13-6-4-5-7-16(13)22-10-14/h4-7,11-12,14H,8-10H2,1-3H3. The molecule has 5 heteroatoms. The Morgan fingerprint density at radius 3 is 2.96 bits per heavy atom. The number of fused-ring (bicyclic) bond motifs is 1. The average Bonchev–Trinajstić information content (AvgIpc) is 3.02. The number of carbonyl (C=O) groups excluding carboxylic acids is 1. The lowest BCUT2D eigenvalue weighted by Gasteiger charge is -2.28. The molecule has 0 fully saturated rings. The first-order valence-corrected chi connectivity index (χ1v) is 8.82. The minimum atomic E-state index is -0.113. The van der Waals surface area contributed by atoms with Gasteiger partial charge in [0.25, 0.3) is 0 Å². The molecule has 0 saturated carbocycles. The Hall–Kier alpha value is -1.88. The molecule has 0 saturated heterocycles. The number of amides is 1. The Balaban J connectivity index is 1.63. The van der Waals surface area contributed by atoms with Gasteiger partial charge in [0.1, 0.15) is 12.4 Å². The third-order valence-corrected chi connectivity index (χ3v) is 5.26. The van der Waals surface area contributed by atoms with Crippen molar-refractivity contribution in [1.29, 1.82) is 0 Å². The predicted molar refractivity (Wildman–Crippen MR) is 91.8 cm³/mol. The van der Waals surface area contributed by atoms with E-state index < -0.39 is 0 Å². The van der Waals surface area contributed by atoms with Crippen molar-refractivity contribution in [3.63, 3.8) is 0 Å². The second-order valence-corrected chi connectivity index (χ2v) is 7.24. The molecule has 3 rings (SSSR count). The van der Waals surface area contributed by atoms with Gasteiger partial charge in [-0.05, 0) is 18.1 Å². The van der Waals surface area contributed by atoms with Gasteiger partial charge in [0.05, 0.1) is 23.2 Å². The van der Waals surface area contributed by atoms with Crippen LogP contribution in [-0.4, -0.2) is 29.4 Å². The van der Waals surface area contributed by atoms with E-state index >= 15 is 0 Å². The zero-order valence-corrected chi connectivity index (χ0v) is 14.6. The SMILES string of the molecule is CC(C)c1nc(CN(C)C(=O)C2COc3ccccc3C2)cs1. The van der Waals surface area contributed by atoms with Crippen LogP contribution in [0.4, 0.5) is 0 Å². The van der Waals surface area contributed by atoms with Crippen LogP contribution >= 0.6 is 11.3 Å². The van der Waals surface area contributed by atoms with Crippen molar-refractivity contribution < 1.29 is 9.53 Å². The normalized spacial score (nSPS) is 16.8. The number of nitrogens with zero attached hydrogens (tertiary/aromatic N) is 2. The van der Waals surface area contributed by atoms with Crippen molar-refractivity contribution >= 4 is 17.2 Å². The van der Waals surface area contributed by atoms with Gasteiger partial charge in [-0.2, -0.15) is 0 Å². The fraction of sp³-hybridized carbons (Fsp3) is 0.444. The van der Waals surface area contributed by atoms with Gasteiger partial charge in [0, 0.05) is 18.3 Å². The maximum Gasteiger partial charge on any atom is 0.229 e. The molecule has 1 aromatic carbocycles. The number of aromatic nitrogens is 1. The Labute approximate surface area is 141 Å². The zero-order chi connectivity index (χ0) is 16.4. The molecule has 0 bridgehead atoms. The highest BCUT2D eigenvalue weighted by molar-refractivity contribution is 7.09. The van der Waals surface area contributed by atoms with Crippen LogP contribution in [0.2, 0.25) is 0 Å². The van der Waals surface area contributed by atoms with Crippen LogP contribution in [0.25, 0.3) is 0 Å². The fourth-order valence-electron chi connectivity index (χ4n) is 2.78. The Bertz CT molecular complexity index is 696. The second-order valence-electron chi connectivity index (χ2n) is 6.35. The van der Waals surface area contributed by atoms with Crippen molar-refractivity contribution in [3.8, 4) is 5.75 Å². The summed E-state index contributed by atoms with van der Waals surface area (Å²) in [5.41, 5.74) is 2.08. The molecule has 0 spiro atoms. The minimum Gasteiger partial charge on any atom is -0.492 e. The van der Waals surface area contributed by atoms with E-state index in [1.54, 1.807) is 16.2 Å². The van der Waals surface area contributed by atoms with Gasteiger partial charge in [0.15, 0.2) is 0 Å². The monoisotopic (exact) mass is 330 g/mol. The highest BCUT2D eigenvalue weighted by Crippen LogP contribution is 2.28. The number of carbonyl (C=O) groups is 1. The van der Waals surface area contributed by atoms with Gasteiger partial charge in [-0.3, -0.25) is 4.79 Å². The van der Waals surface area contributed by atoms with Crippen LogP contribution in [0.15, 0.2) is 29.6 Å². The van der Waals surface area contributed by atoms with E-state index in [1.165, 1.54) is 0 Å². The lowest BCUT2D eigenvalue weighted by atomic mass is 9.95. The molecular formula is C18H22N2O2S. The summed E-state index contributed by atoms with van der Waals surface area (Å²) in [5, 5.41) is 3.17. The number of thiazole rings is 1. The largest absolute Gasteiger partial charge is 0.492 e. The second kappa shape index (κ2) is 6.71. The summed E-state index contributed by atoms with van der Waals surface area (Å²) < 4.78 is 5.73. The summed E-state index contributed by atoms with van der Waals surface area (Å²) in [7, 11) is 1.84. The van der Waals surface area contributed by atoms with Crippen LogP contribution in [0.3, 0.4) is 0 Å². The summed E-state index contributed by atoms with van der Waals surface area (Å²) >= 11 is 1.66. The summed E-state index contributed by atoms with van der Waals surface area (Å²) in [4.78, 5) is 19.0. The molecule has 1 aliphatic rings. The lowest BCUT2D eigenvalue weighted by molar-refractivity contribution is -0.136. The average molecular weight is 330 g/mol. The molecule has 0 N–H and O–H groups in total. The summed E-state index contributed by atoms with van der Waals surface area (Å²) in [6, 6.07) is 7.94. The van der Waals surface area contributed by atoms with E-state index in [0.29, 0.717) is 19.1 Å². The van der Waals surface area contributed by atoms with Crippen molar-refractivity contribution in [2.45, 2.75) is 32.7 Å². The third-order valence-electron chi connectivity index (χ3n) is 4.07. The van der Waals surface area contributed by atoms with Crippen molar-refractivity contribution in [1.82, 2.24) is 9.88 Å². The molecule has 1 unspecified atom stereocenters. The van der Waals surface area contributed by atoms with Crippen LogP contribution < -0.4 is 4.74 Å². The number of benzene rings is 1. The third kappa shape index (κ3) is 3.55. The summed E-state index contributed by atoms with van der Waals surface area (Å²) in [5.74, 6) is 1.34. The number of para-hydroxylation sites is 1. The summed E-state index contributed by atoms with van der Waals surface area (Å²) in [6.07, 6.45) is 0.744. The molecule has 2 aromatic rings. The molecule has 0 radical (unpaired) electrons. The van der Waals surface area contributed by atoms with Crippen LogP contribution in [-0.2, 0) is 17.8 Å². The topological polar surface area (TPSA) is 42.4 Å². The van der Waals surface area contributed by atoms with Crippen LogP contribution in [0, 0.1) is 5.92 Å². The van der Waals surface area contributed by atoms with Crippen molar-refractivity contribution in [3.05, 3.63) is 45.9 Å². The van der Waals surface area contributed by atoms with E-state index in [0.717, 1.165) is 28.4 Å². The van der Waals surface area contributed by atoms with Gasteiger partial charge < -0.3 is 9.64 Å². The first kappa shape index (κ1) is 16.0. The fourth-order valence-corrected chi connectivity index (χ4v) is 3.61. The molecular weight excluding hydrogens is 308 g/mol. The molecule has 1 atom stereocenters. The van der Waals surface area contributed by atoms with Gasteiger partial charge in [-0.15, -0.1) is 11.3 Å². The Morgan fingerprint density at radius 1 is 1.43 bits per heavy atom. The molecule has 4 nitrogen and oxygen atoms in total. The molecule has 122 valence electrons. The molecule has 1 amide bonds. The molecule has 1 aromatic heterocycles. The van der Waals surface area contributed by atoms with Crippen LogP contribution in [0.5, 0.6) is 5.75 Å². The van der Waals surface area contributed by atoms with Crippen LogP contribution in [0.1, 0.15) is 36.0 Å². The van der Waals surface area contributed by atoms with Gasteiger partial charge in [0.2, 0.25) is 5.91 Å². The number of hydrogen-bond acceptors (Lipinski definition) is 4. The first-order valence-electron chi connectivity index (χ1n) is 7.94. The Morgan fingerprint density at radius 2 is 2.22 bits per heavy atom. The Kier molecular flexibility index (Phi) is 4.66. The van der Waals surface area contributed by atoms with E-state index in [9.17, 15) is 4.79 Å². The number of ether oxygens (including phenoxy) is 1. The van der Waals surface area contributed by atoms with E-state index in [2.05, 4.69) is 18.8 Å². The first-order chi connectivity index (χ1) is 11.0. The number of hydrogen-bond donors (Lipinski definition) is 0. The van der Waals surface area contributed by atoms with Gasteiger partial charge >= 0.3 is 0 Å². The van der Waals surface area contributed by atoms with E-state index in [-0.39, 0.29) is 11.8 Å². The number of rotatable bonds is 4. The zero-order valence-electron chi connectivity index (χ0n) is 13.8. The lowest BCUT2D eigenvalue weighted by Crippen LogP contribution is -2.38. The van der Waals surface area contributed by atoms with Gasteiger partial charge in [-0.1, -0.05) is 32.0 Å². The maximum absolute atomic E-state index is 12.7. The van der Waals surface area contributed by atoms with E-state index in [4.69, 9.17) is 4.74 Å². The minimum absolute atomic E-state index is 0.113. The molecule has 1 aliphatic heterocycles. The predicted octanol–water partition coefficient (Wildman–Crippen LogP) is 3.48.